The van der Waals surface area contributed by atoms with E-state index in [1.807, 2.05) is 18.2 Å². The molecule has 2 amide bonds. The van der Waals surface area contributed by atoms with Gasteiger partial charge in [-0.3, -0.25) is 14.4 Å². The Morgan fingerprint density at radius 2 is 1.55 bits per heavy atom. The van der Waals surface area contributed by atoms with Crippen LogP contribution in [0, 0.1) is 0 Å². The zero-order valence-electron chi connectivity index (χ0n) is 17.0. The number of ether oxygens (including phenoxy) is 2. The van der Waals surface area contributed by atoms with Gasteiger partial charge < -0.3 is 20.1 Å². The molecule has 0 fully saturated rings. The number of nitrogens with one attached hydrogen (secondary N) is 2. The molecule has 0 saturated heterocycles. The second-order valence-corrected chi connectivity index (χ2v) is 6.59. The topological polar surface area (TPSA) is 93.7 Å². The van der Waals surface area contributed by atoms with Crippen molar-refractivity contribution in [2.75, 3.05) is 19.0 Å². The monoisotopic (exact) mass is 418 g/mol. The second-order valence-electron chi connectivity index (χ2n) is 6.59. The van der Waals surface area contributed by atoms with Crippen LogP contribution in [0.3, 0.4) is 0 Å². The molecule has 0 spiro atoms. The Morgan fingerprint density at radius 1 is 0.806 bits per heavy atom. The summed E-state index contributed by atoms with van der Waals surface area (Å²) in [4.78, 5) is 36.3. The molecule has 0 saturated carbocycles. The third kappa shape index (κ3) is 6.43. The molecule has 2 N–H and O–H groups in total. The Kier molecular flexibility index (Phi) is 7.37. The lowest BCUT2D eigenvalue weighted by molar-refractivity contribution is -0.143. The smallest absolute Gasteiger partial charge is 0.325 e. The Morgan fingerprint density at radius 3 is 2.26 bits per heavy atom. The number of amides is 2. The van der Waals surface area contributed by atoms with Crippen LogP contribution in [-0.4, -0.2) is 31.4 Å². The third-order valence-corrected chi connectivity index (χ3v) is 4.37. The fourth-order valence-corrected chi connectivity index (χ4v) is 2.71. The minimum absolute atomic E-state index is 0.0362. The summed E-state index contributed by atoms with van der Waals surface area (Å²) in [5.74, 6) is -0.641. The normalized spacial score (nSPS) is 10.1. The molecule has 0 unspecified atom stereocenters. The van der Waals surface area contributed by atoms with Gasteiger partial charge in [-0.25, -0.2) is 0 Å². The minimum Gasteiger partial charge on any atom is -0.497 e. The summed E-state index contributed by atoms with van der Waals surface area (Å²) in [6.07, 6.45) is 0. The van der Waals surface area contributed by atoms with Crippen LogP contribution in [0.2, 0.25) is 0 Å². The van der Waals surface area contributed by atoms with Crippen LogP contribution < -0.4 is 15.4 Å². The van der Waals surface area contributed by atoms with Crippen molar-refractivity contribution in [2.45, 2.75) is 6.61 Å². The molecule has 7 nitrogen and oxygen atoms in total. The molecule has 0 aliphatic carbocycles. The zero-order valence-corrected chi connectivity index (χ0v) is 17.0. The summed E-state index contributed by atoms with van der Waals surface area (Å²) < 4.78 is 10.3. The van der Waals surface area contributed by atoms with Crippen LogP contribution in [0.25, 0.3) is 0 Å². The SMILES string of the molecule is COc1cccc(C(=O)NCC(=O)OCc2ccc(C(=O)Nc3ccccc3)cc2)c1. The average Bonchev–Trinajstić information content (AvgIpc) is 2.82. The maximum atomic E-state index is 12.3. The zero-order chi connectivity index (χ0) is 22.1. The maximum Gasteiger partial charge on any atom is 0.325 e. The highest BCUT2D eigenvalue weighted by Gasteiger charge is 2.11. The van der Waals surface area contributed by atoms with E-state index in [1.165, 1.54) is 7.11 Å². The van der Waals surface area contributed by atoms with Crippen molar-refractivity contribution in [1.82, 2.24) is 5.32 Å². The van der Waals surface area contributed by atoms with E-state index in [2.05, 4.69) is 10.6 Å². The van der Waals surface area contributed by atoms with E-state index in [9.17, 15) is 14.4 Å². The van der Waals surface area contributed by atoms with Gasteiger partial charge in [-0.05, 0) is 48.0 Å². The highest BCUT2D eigenvalue weighted by atomic mass is 16.5. The molecule has 3 rings (SSSR count). The fraction of sp³-hybridized carbons (Fsp3) is 0.125. The Balaban J connectivity index is 1.44. The number of esters is 1. The number of rotatable bonds is 8. The van der Waals surface area contributed by atoms with E-state index in [-0.39, 0.29) is 19.1 Å². The number of benzene rings is 3. The lowest BCUT2D eigenvalue weighted by atomic mass is 10.1. The molecule has 3 aromatic rings. The first kappa shape index (κ1) is 21.6. The van der Waals surface area contributed by atoms with Gasteiger partial charge in [0.2, 0.25) is 0 Å². The van der Waals surface area contributed by atoms with Gasteiger partial charge >= 0.3 is 5.97 Å². The van der Waals surface area contributed by atoms with Crippen molar-refractivity contribution < 1.29 is 23.9 Å². The summed E-state index contributed by atoms with van der Waals surface area (Å²) >= 11 is 0. The summed E-state index contributed by atoms with van der Waals surface area (Å²) in [6, 6.07) is 22.5. The highest BCUT2D eigenvalue weighted by molar-refractivity contribution is 6.04. The number of methoxy groups -OCH3 is 1. The van der Waals surface area contributed by atoms with Crippen LogP contribution in [0.1, 0.15) is 26.3 Å². The van der Waals surface area contributed by atoms with E-state index < -0.39 is 11.9 Å². The van der Waals surface area contributed by atoms with Gasteiger partial charge in [0.05, 0.1) is 7.11 Å². The van der Waals surface area contributed by atoms with E-state index in [0.29, 0.717) is 22.6 Å². The number of carbonyl (C=O) groups is 3. The van der Waals surface area contributed by atoms with Gasteiger partial charge in [0.25, 0.3) is 11.8 Å². The van der Waals surface area contributed by atoms with Gasteiger partial charge in [0.15, 0.2) is 0 Å². The fourth-order valence-electron chi connectivity index (χ4n) is 2.71. The summed E-state index contributed by atoms with van der Waals surface area (Å²) in [5.41, 5.74) is 2.31. The number of para-hydroxylation sites is 1. The number of carbonyl (C=O) groups excluding carboxylic acids is 3. The van der Waals surface area contributed by atoms with Gasteiger partial charge in [0.1, 0.15) is 18.9 Å². The van der Waals surface area contributed by atoms with E-state index in [4.69, 9.17) is 9.47 Å². The highest BCUT2D eigenvalue weighted by Crippen LogP contribution is 2.13. The minimum atomic E-state index is -0.567. The van der Waals surface area contributed by atoms with Crippen molar-refractivity contribution in [3.63, 3.8) is 0 Å². The summed E-state index contributed by atoms with van der Waals surface area (Å²) in [6.45, 7) is -0.220. The molecule has 3 aromatic carbocycles. The molecule has 0 aromatic heterocycles. The number of hydrogen-bond donors (Lipinski definition) is 2. The molecule has 158 valence electrons. The molecule has 7 heteroatoms. The molecule has 0 atom stereocenters. The van der Waals surface area contributed by atoms with Gasteiger partial charge in [-0.15, -0.1) is 0 Å². The lowest BCUT2D eigenvalue weighted by Crippen LogP contribution is -2.30. The molecule has 0 heterocycles. The maximum absolute atomic E-state index is 12.3. The molecule has 0 radical (unpaired) electrons. The molecular formula is C24H22N2O5. The van der Waals surface area contributed by atoms with E-state index >= 15 is 0 Å². The first-order valence-corrected chi connectivity index (χ1v) is 9.58. The summed E-state index contributed by atoms with van der Waals surface area (Å²) in [5, 5.41) is 5.32. The van der Waals surface area contributed by atoms with Crippen LogP contribution in [0.4, 0.5) is 5.69 Å². The lowest BCUT2D eigenvalue weighted by Gasteiger charge is -2.08. The van der Waals surface area contributed by atoms with Crippen LogP contribution >= 0.6 is 0 Å². The molecule has 0 bridgehead atoms. The Hall–Kier alpha value is -4.13. The van der Waals surface area contributed by atoms with Gasteiger partial charge in [-0.2, -0.15) is 0 Å². The van der Waals surface area contributed by atoms with Crippen LogP contribution in [0.15, 0.2) is 78.9 Å². The predicted octanol–water partition coefficient (Wildman–Crippen LogP) is 3.42. The standard InChI is InChI=1S/C24H22N2O5/c1-30-21-9-5-6-19(14-21)23(28)25-15-22(27)31-16-17-10-12-18(13-11-17)24(29)26-20-7-3-2-4-8-20/h2-14H,15-16H2,1H3,(H,25,28)(H,26,29). The Bertz CT molecular complexity index is 1050. The van der Waals surface area contributed by atoms with Crippen LogP contribution in [0.5, 0.6) is 5.75 Å². The van der Waals surface area contributed by atoms with Gasteiger partial charge in [0, 0.05) is 16.8 Å². The number of hydrogen-bond acceptors (Lipinski definition) is 5. The first-order valence-electron chi connectivity index (χ1n) is 9.58. The van der Waals surface area contributed by atoms with E-state index in [0.717, 1.165) is 5.56 Å². The van der Waals surface area contributed by atoms with Crippen LogP contribution in [-0.2, 0) is 16.1 Å². The summed E-state index contributed by atoms with van der Waals surface area (Å²) in [7, 11) is 1.51. The average molecular weight is 418 g/mol. The van der Waals surface area contributed by atoms with Gasteiger partial charge in [-0.1, -0.05) is 36.4 Å². The molecular weight excluding hydrogens is 396 g/mol. The quantitative estimate of drug-likeness (QED) is 0.547. The predicted molar refractivity (Wildman–Crippen MR) is 116 cm³/mol. The van der Waals surface area contributed by atoms with Crippen molar-refractivity contribution in [3.05, 3.63) is 95.6 Å². The van der Waals surface area contributed by atoms with Crippen molar-refractivity contribution in [3.8, 4) is 5.75 Å². The third-order valence-electron chi connectivity index (χ3n) is 4.37. The molecule has 31 heavy (non-hydrogen) atoms. The van der Waals surface area contributed by atoms with Crippen molar-refractivity contribution in [2.24, 2.45) is 0 Å². The number of anilines is 1. The van der Waals surface area contributed by atoms with Crippen molar-refractivity contribution in [1.29, 1.82) is 0 Å². The molecule has 0 aliphatic rings. The Labute approximate surface area is 180 Å². The van der Waals surface area contributed by atoms with E-state index in [1.54, 1.807) is 60.7 Å². The largest absolute Gasteiger partial charge is 0.497 e. The second kappa shape index (κ2) is 10.6. The molecule has 0 aliphatic heterocycles. The first-order chi connectivity index (χ1) is 15.0. The van der Waals surface area contributed by atoms with Crippen molar-refractivity contribution >= 4 is 23.5 Å².